The lowest BCUT2D eigenvalue weighted by atomic mass is 10.1. The van der Waals surface area contributed by atoms with Crippen molar-refractivity contribution in [2.45, 2.75) is 83.4 Å². The van der Waals surface area contributed by atoms with Crippen molar-refractivity contribution >= 4 is 11.0 Å². The Morgan fingerprint density at radius 2 is 1.83 bits per heavy atom. The second kappa shape index (κ2) is 9.58. The van der Waals surface area contributed by atoms with Crippen LogP contribution >= 0.6 is 0 Å². The highest BCUT2D eigenvalue weighted by Gasteiger charge is 2.22. The molecule has 2 atom stereocenters. The van der Waals surface area contributed by atoms with Gasteiger partial charge in [-0.05, 0) is 27.2 Å². The summed E-state index contributed by atoms with van der Waals surface area (Å²) in [6.45, 7) is 8.15. The average Bonchev–Trinajstić information content (AvgIpc) is 2.27. The van der Waals surface area contributed by atoms with Crippen molar-refractivity contribution in [1.82, 2.24) is 4.72 Å². The van der Waals surface area contributed by atoms with Crippen LogP contribution in [0.2, 0.25) is 0 Å². The summed E-state index contributed by atoms with van der Waals surface area (Å²) in [5, 5.41) is 0. The lowest BCUT2D eigenvalue weighted by Gasteiger charge is -2.23. The maximum Gasteiger partial charge on any atom is 0.0973 e. The van der Waals surface area contributed by atoms with Gasteiger partial charge < -0.3 is 0 Å². The zero-order chi connectivity index (χ0) is 14.0. The predicted molar refractivity (Wildman–Crippen MR) is 81.6 cm³/mol. The van der Waals surface area contributed by atoms with E-state index in [-0.39, 0.29) is 10.8 Å². The maximum absolute atomic E-state index is 12.0. The molecule has 0 aromatic heterocycles. The lowest BCUT2D eigenvalue weighted by Crippen LogP contribution is -2.39. The maximum atomic E-state index is 12.0. The molecule has 0 saturated heterocycles. The summed E-state index contributed by atoms with van der Waals surface area (Å²) in [5.74, 6) is 2.68. The van der Waals surface area contributed by atoms with Gasteiger partial charge >= 0.3 is 0 Å². The monoisotopic (exact) mass is 271 g/mol. The topological polar surface area (TPSA) is 29.1 Å². The summed E-state index contributed by atoms with van der Waals surface area (Å²) >= 11 is 0. The fourth-order valence-corrected chi connectivity index (χ4v) is 2.52. The Bertz CT molecular complexity index is 275. The number of hydrogen-bond acceptors (Lipinski definition) is 1. The van der Waals surface area contributed by atoms with Crippen molar-refractivity contribution in [2.24, 2.45) is 0 Å². The molecule has 1 unspecified atom stereocenters. The molecule has 0 fully saturated rings. The molecule has 0 heterocycles. The van der Waals surface area contributed by atoms with Gasteiger partial charge in [-0.15, -0.1) is 12.3 Å². The van der Waals surface area contributed by atoms with E-state index in [1.165, 1.54) is 32.1 Å². The molecular weight excluding hydrogens is 242 g/mol. The van der Waals surface area contributed by atoms with Crippen LogP contribution in [0.5, 0.6) is 0 Å². The molecule has 0 bridgehead atoms. The molecule has 3 heteroatoms. The van der Waals surface area contributed by atoms with Crippen LogP contribution in [0.15, 0.2) is 0 Å². The summed E-state index contributed by atoms with van der Waals surface area (Å²) < 4.78 is 15.0. The van der Waals surface area contributed by atoms with E-state index in [0.29, 0.717) is 6.42 Å². The molecule has 0 aliphatic heterocycles. The highest BCUT2D eigenvalue weighted by Crippen LogP contribution is 2.13. The Hall–Kier alpha value is -0.330. The van der Waals surface area contributed by atoms with Crippen molar-refractivity contribution in [1.29, 1.82) is 0 Å². The van der Waals surface area contributed by atoms with Gasteiger partial charge in [0.15, 0.2) is 0 Å². The first kappa shape index (κ1) is 17.7. The van der Waals surface area contributed by atoms with E-state index in [9.17, 15) is 4.21 Å². The van der Waals surface area contributed by atoms with Gasteiger partial charge in [-0.1, -0.05) is 39.0 Å². The van der Waals surface area contributed by atoms with Crippen LogP contribution in [0.1, 0.15) is 72.6 Å². The number of rotatable bonds is 9. The summed E-state index contributed by atoms with van der Waals surface area (Å²) in [7, 11) is -1.02. The van der Waals surface area contributed by atoms with E-state index in [4.69, 9.17) is 6.42 Å². The third kappa shape index (κ3) is 8.72. The van der Waals surface area contributed by atoms with Gasteiger partial charge in [0.1, 0.15) is 0 Å². The zero-order valence-electron chi connectivity index (χ0n) is 12.4. The van der Waals surface area contributed by atoms with Crippen LogP contribution in [-0.4, -0.2) is 15.0 Å². The molecule has 0 aromatic rings. The van der Waals surface area contributed by atoms with Crippen LogP contribution in [0.3, 0.4) is 0 Å². The van der Waals surface area contributed by atoms with Crippen LogP contribution < -0.4 is 4.72 Å². The Morgan fingerprint density at radius 3 is 2.33 bits per heavy atom. The van der Waals surface area contributed by atoms with E-state index >= 15 is 0 Å². The molecule has 1 N–H and O–H groups in total. The van der Waals surface area contributed by atoms with Crippen molar-refractivity contribution in [3.05, 3.63) is 0 Å². The van der Waals surface area contributed by atoms with Gasteiger partial charge in [-0.25, -0.2) is 8.93 Å². The van der Waals surface area contributed by atoms with Gasteiger partial charge in [0, 0.05) is 12.5 Å². The van der Waals surface area contributed by atoms with E-state index in [1.807, 2.05) is 20.8 Å². The SMILES string of the molecule is C#CC[C@@H](CCCCCCC)NS(=O)C(C)(C)C. The molecule has 18 heavy (non-hydrogen) atoms. The van der Waals surface area contributed by atoms with Gasteiger partial charge in [0.25, 0.3) is 0 Å². The molecule has 2 nitrogen and oxygen atoms in total. The van der Waals surface area contributed by atoms with Crippen LogP contribution in [0, 0.1) is 12.3 Å². The summed E-state index contributed by atoms with van der Waals surface area (Å²) in [6, 6.07) is 0.191. The molecule has 0 radical (unpaired) electrons. The molecule has 0 aliphatic carbocycles. The smallest absolute Gasteiger partial charge is 0.0973 e. The fraction of sp³-hybridized carbons (Fsp3) is 0.867. The lowest BCUT2D eigenvalue weighted by molar-refractivity contribution is 0.514. The second-order valence-corrected chi connectivity index (χ2v) is 7.80. The number of hydrogen-bond donors (Lipinski definition) is 1. The first-order chi connectivity index (χ1) is 8.41. The zero-order valence-corrected chi connectivity index (χ0v) is 13.2. The third-order valence-electron chi connectivity index (χ3n) is 2.85. The number of terminal acetylenes is 1. The minimum absolute atomic E-state index is 0.191. The molecule has 0 amide bonds. The van der Waals surface area contributed by atoms with E-state index in [2.05, 4.69) is 17.6 Å². The second-order valence-electron chi connectivity index (χ2n) is 5.81. The van der Waals surface area contributed by atoms with E-state index in [0.717, 1.165) is 6.42 Å². The van der Waals surface area contributed by atoms with Gasteiger partial charge in [-0.3, -0.25) is 0 Å². The predicted octanol–water partition coefficient (Wildman–Crippen LogP) is 3.79. The highest BCUT2D eigenvalue weighted by molar-refractivity contribution is 7.84. The Kier molecular flexibility index (Phi) is 9.40. The Labute approximate surface area is 116 Å². The van der Waals surface area contributed by atoms with Crippen molar-refractivity contribution < 1.29 is 4.21 Å². The average molecular weight is 271 g/mol. The molecule has 0 aliphatic rings. The van der Waals surface area contributed by atoms with E-state index in [1.54, 1.807) is 0 Å². The van der Waals surface area contributed by atoms with Crippen molar-refractivity contribution in [3.63, 3.8) is 0 Å². The first-order valence-electron chi connectivity index (χ1n) is 7.03. The van der Waals surface area contributed by atoms with Crippen LogP contribution in [0.4, 0.5) is 0 Å². The highest BCUT2D eigenvalue weighted by atomic mass is 32.2. The van der Waals surface area contributed by atoms with Crippen molar-refractivity contribution in [3.8, 4) is 12.3 Å². The number of unbranched alkanes of at least 4 members (excludes halogenated alkanes) is 4. The van der Waals surface area contributed by atoms with Crippen LogP contribution in [-0.2, 0) is 11.0 Å². The Balaban J connectivity index is 4.00. The first-order valence-corrected chi connectivity index (χ1v) is 8.18. The summed E-state index contributed by atoms with van der Waals surface area (Å²) in [5.41, 5.74) is 0. The molecule has 106 valence electrons. The quantitative estimate of drug-likeness (QED) is 0.502. The molecule has 0 saturated carbocycles. The number of nitrogens with one attached hydrogen (secondary N) is 1. The molecular formula is C15H29NOS. The normalized spacial score (nSPS) is 15.1. The van der Waals surface area contributed by atoms with Crippen LogP contribution in [0.25, 0.3) is 0 Å². The van der Waals surface area contributed by atoms with E-state index < -0.39 is 11.0 Å². The summed E-state index contributed by atoms with van der Waals surface area (Å²) in [6.07, 6.45) is 13.3. The molecule has 0 aromatic carbocycles. The van der Waals surface area contributed by atoms with Gasteiger partial charge in [0.05, 0.1) is 15.7 Å². The fourth-order valence-electron chi connectivity index (χ4n) is 1.67. The standard InChI is InChI=1S/C15H29NOS/c1-6-8-9-10-11-13-14(12-7-2)16-18(17)15(3,4)5/h2,14,16H,6,8-13H2,1,3-5H3/t14-,18?/m0/s1. The minimum atomic E-state index is -1.02. The van der Waals surface area contributed by atoms with Crippen molar-refractivity contribution in [2.75, 3.05) is 0 Å². The van der Waals surface area contributed by atoms with Gasteiger partial charge in [0.2, 0.25) is 0 Å². The molecule has 0 rings (SSSR count). The van der Waals surface area contributed by atoms with Gasteiger partial charge in [-0.2, -0.15) is 0 Å². The third-order valence-corrected chi connectivity index (χ3v) is 4.51. The Morgan fingerprint density at radius 1 is 1.22 bits per heavy atom. The molecule has 0 spiro atoms. The largest absolute Gasteiger partial charge is 0.242 e. The summed E-state index contributed by atoms with van der Waals surface area (Å²) in [4.78, 5) is 0. The minimum Gasteiger partial charge on any atom is -0.242 e.